The summed E-state index contributed by atoms with van der Waals surface area (Å²) in [7, 11) is 3.15. The molecule has 154 valence electrons. The molecule has 0 saturated heterocycles. The summed E-state index contributed by atoms with van der Waals surface area (Å²) in [6.07, 6.45) is 4.61. The molecule has 10 heteroatoms. The molecule has 0 aliphatic carbocycles. The lowest BCUT2D eigenvalue weighted by Crippen LogP contribution is -2.07. The van der Waals surface area contributed by atoms with Gasteiger partial charge < -0.3 is 18.8 Å². The number of imidazole rings is 1. The van der Waals surface area contributed by atoms with Crippen molar-refractivity contribution >= 4 is 17.1 Å². The van der Waals surface area contributed by atoms with E-state index in [9.17, 15) is 4.79 Å². The number of carbonyl (C=O) groups is 1. The van der Waals surface area contributed by atoms with E-state index in [4.69, 9.17) is 14.2 Å². The van der Waals surface area contributed by atoms with E-state index in [1.165, 1.54) is 24.2 Å². The molecule has 10 nitrogen and oxygen atoms in total. The van der Waals surface area contributed by atoms with Crippen LogP contribution >= 0.6 is 0 Å². The van der Waals surface area contributed by atoms with Crippen molar-refractivity contribution in [2.45, 2.75) is 13.5 Å². The number of carbonyl (C=O) groups excluding carboxylic acids is 1. The molecule has 0 spiro atoms. The lowest BCUT2D eigenvalue weighted by molar-refractivity contribution is 0.0526. The zero-order valence-corrected chi connectivity index (χ0v) is 16.8. The van der Waals surface area contributed by atoms with Crippen LogP contribution in [0.15, 0.2) is 43.0 Å². The number of fused-ring (bicyclic) bond motifs is 1. The average Bonchev–Trinajstić information content (AvgIpc) is 3.42. The van der Waals surface area contributed by atoms with Crippen LogP contribution in [0.4, 0.5) is 0 Å². The number of aromatic nitrogens is 6. The number of rotatable bonds is 7. The number of hydrogen-bond acceptors (Lipinski definition) is 8. The first kappa shape index (κ1) is 19.4. The predicted molar refractivity (Wildman–Crippen MR) is 107 cm³/mol. The second-order valence-corrected chi connectivity index (χ2v) is 6.32. The topological polar surface area (TPSA) is 106 Å². The Balaban J connectivity index is 1.71. The van der Waals surface area contributed by atoms with Crippen LogP contribution in [-0.4, -0.2) is 56.1 Å². The van der Waals surface area contributed by atoms with E-state index in [0.29, 0.717) is 29.2 Å². The predicted octanol–water partition coefficient (Wildman–Crippen LogP) is 2.25. The first-order valence-electron chi connectivity index (χ1n) is 9.25. The third-order valence-corrected chi connectivity index (χ3v) is 4.42. The third kappa shape index (κ3) is 3.66. The largest absolute Gasteiger partial charge is 0.497 e. The highest BCUT2D eigenvalue weighted by Crippen LogP contribution is 2.23. The van der Waals surface area contributed by atoms with Crippen molar-refractivity contribution in [3.63, 3.8) is 0 Å². The maximum atomic E-state index is 11.9. The van der Waals surface area contributed by atoms with Gasteiger partial charge in [0.15, 0.2) is 11.2 Å². The van der Waals surface area contributed by atoms with E-state index in [2.05, 4.69) is 20.1 Å². The molecule has 0 bridgehead atoms. The summed E-state index contributed by atoms with van der Waals surface area (Å²) in [6, 6.07) is 7.75. The minimum Gasteiger partial charge on any atom is -0.497 e. The van der Waals surface area contributed by atoms with Crippen LogP contribution in [0.5, 0.6) is 11.6 Å². The van der Waals surface area contributed by atoms with Crippen LogP contribution in [0.2, 0.25) is 0 Å². The molecule has 0 N–H and O–H groups in total. The minimum absolute atomic E-state index is 0.256. The van der Waals surface area contributed by atoms with Crippen molar-refractivity contribution in [3.05, 3.63) is 54.1 Å². The monoisotopic (exact) mass is 408 g/mol. The molecule has 4 rings (SSSR count). The summed E-state index contributed by atoms with van der Waals surface area (Å²) in [5.74, 6) is 0.904. The second-order valence-electron chi connectivity index (χ2n) is 6.32. The van der Waals surface area contributed by atoms with Crippen LogP contribution in [0, 0.1) is 0 Å². The molecule has 30 heavy (non-hydrogen) atoms. The van der Waals surface area contributed by atoms with Crippen molar-refractivity contribution in [3.8, 4) is 17.6 Å². The van der Waals surface area contributed by atoms with Crippen LogP contribution in [0.25, 0.3) is 17.1 Å². The summed E-state index contributed by atoms with van der Waals surface area (Å²) in [6.45, 7) is 2.58. The molecule has 0 amide bonds. The molecule has 4 aromatic rings. The lowest BCUT2D eigenvalue weighted by atomic mass is 10.2. The zero-order chi connectivity index (χ0) is 21.1. The first-order chi connectivity index (χ1) is 14.6. The SMILES string of the molecule is CCOC(=O)c1cnn(-c2nc(OC)c3ncn(Cc4ccc(OC)cc4)c3n2)c1. The molecule has 0 saturated carbocycles. The van der Waals surface area contributed by atoms with Gasteiger partial charge in [0, 0.05) is 6.20 Å². The summed E-state index contributed by atoms with van der Waals surface area (Å²) >= 11 is 0. The number of benzene rings is 1. The molecule has 0 aliphatic heterocycles. The smallest absolute Gasteiger partial charge is 0.341 e. The fraction of sp³-hybridized carbons (Fsp3) is 0.250. The molecule has 0 fully saturated rings. The lowest BCUT2D eigenvalue weighted by Gasteiger charge is -2.08. The summed E-state index contributed by atoms with van der Waals surface area (Å²) in [5.41, 5.74) is 2.48. The van der Waals surface area contributed by atoms with Gasteiger partial charge in [-0.25, -0.2) is 14.5 Å². The summed E-state index contributed by atoms with van der Waals surface area (Å²) < 4.78 is 18.9. The van der Waals surface area contributed by atoms with Crippen molar-refractivity contribution in [2.24, 2.45) is 0 Å². The van der Waals surface area contributed by atoms with Gasteiger partial charge in [0.1, 0.15) is 5.75 Å². The quantitative estimate of drug-likeness (QED) is 0.429. The average molecular weight is 408 g/mol. The number of nitrogens with zero attached hydrogens (tertiary/aromatic N) is 6. The molecule has 0 unspecified atom stereocenters. The fourth-order valence-electron chi connectivity index (χ4n) is 2.95. The van der Waals surface area contributed by atoms with Gasteiger partial charge >= 0.3 is 5.97 Å². The van der Waals surface area contributed by atoms with E-state index >= 15 is 0 Å². The molecule has 0 radical (unpaired) electrons. The Bertz CT molecular complexity index is 1180. The number of methoxy groups -OCH3 is 2. The normalized spacial score (nSPS) is 10.9. The van der Waals surface area contributed by atoms with Gasteiger partial charge in [-0.05, 0) is 24.6 Å². The summed E-state index contributed by atoms with van der Waals surface area (Å²) in [5, 5.41) is 4.18. The number of esters is 1. The molecule has 0 aliphatic rings. The van der Waals surface area contributed by atoms with Gasteiger partial charge in [0.25, 0.3) is 5.95 Å². The Morgan fingerprint density at radius 1 is 1.10 bits per heavy atom. The Labute approximate surface area is 172 Å². The standard InChI is InChI=1S/C20H20N6O4/c1-4-30-19(27)14-9-22-26(11-14)20-23-17-16(18(24-20)29-3)21-12-25(17)10-13-5-7-15(28-2)8-6-13/h5-9,11-12H,4,10H2,1-3H3. The molecule has 3 heterocycles. The van der Waals surface area contributed by atoms with E-state index in [1.807, 2.05) is 28.8 Å². The van der Waals surface area contributed by atoms with Crippen LogP contribution < -0.4 is 9.47 Å². The fourth-order valence-corrected chi connectivity index (χ4v) is 2.95. The highest BCUT2D eigenvalue weighted by molar-refractivity contribution is 5.88. The molecule has 0 atom stereocenters. The molecular formula is C20H20N6O4. The third-order valence-electron chi connectivity index (χ3n) is 4.42. The minimum atomic E-state index is -0.457. The first-order valence-corrected chi connectivity index (χ1v) is 9.25. The van der Waals surface area contributed by atoms with Crippen LogP contribution in [0.3, 0.4) is 0 Å². The van der Waals surface area contributed by atoms with Crippen LogP contribution in [-0.2, 0) is 11.3 Å². The molecular weight excluding hydrogens is 388 g/mol. The van der Waals surface area contributed by atoms with Crippen molar-refractivity contribution in [2.75, 3.05) is 20.8 Å². The summed E-state index contributed by atoms with van der Waals surface area (Å²) in [4.78, 5) is 25.3. The zero-order valence-electron chi connectivity index (χ0n) is 16.8. The second kappa shape index (κ2) is 8.19. The van der Waals surface area contributed by atoms with E-state index in [0.717, 1.165) is 11.3 Å². The highest BCUT2D eigenvalue weighted by atomic mass is 16.5. The van der Waals surface area contributed by atoms with Gasteiger partial charge in [-0.2, -0.15) is 15.1 Å². The van der Waals surface area contributed by atoms with Gasteiger partial charge in [-0.3, -0.25) is 0 Å². The van der Waals surface area contributed by atoms with Crippen molar-refractivity contribution in [1.29, 1.82) is 0 Å². The van der Waals surface area contributed by atoms with Gasteiger partial charge in [-0.1, -0.05) is 12.1 Å². The van der Waals surface area contributed by atoms with Gasteiger partial charge in [0.05, 0.1) is 45.5 Å². The van der Waals surface area contributed by atoms with E-state index in [-0.39, 0.29) is 12.6 Å². The van der Waals surface area contributed by atoms with Crippen LogP contribution in [0.1, 0.15) is 22.8 Å². The Hall–Kier alpha value is -3.95. The van der Waals surface area contributed by atoms with Gasteiger partial charge in [0.2, 0.25) is 5.88 Å². The highest BCUT2D eigenvalue weighted by Gasteiger charge is 2.17. The molecule has 3 aromatic heterocycles. The number of ether oxygens (including phenoxy) is 3. The maximum Gasteiger partial charge on any atom is 0.341 e. The van der Waals surface area contributed by atoms with Crippen molar-refractivity contribution in [1.82, 2.24) is 29.3 Å². The van der Waals surface area contributed by atoms with Gasteiger partial charge in [-0.15, -0.1) is 0 Å². The Kier molecular flexibility index (Phi) is 5.29. The van der Waals surface area contributed by atoms with E-state index < -0.39 is 5.97 Å². The maximum absolute atomic E-state index is 11.9. The Morgan fingerprint density at radius 3 is 2.60 bits per heavy atom. The van der Waals surface area contributed by atoms with E-state index in [1.54, 1.807) is 20.4 Å². The Morgan fingerprint density at radius 2 is 1.90 bits per heavy atom. The van der Waals surface area contributed by atoms with Crippen molar-refractivity contribution < 1.29 is 19.0 Å². The molecule has 1 aromatic carbocycles. The number of hydrogen-bond donors (Lipinski definition) is 0.